The highest BCUT2D eigenvalue weighted by molar-refractivity contribution is 7.88. The maximum Gasteiger partial charge on any atom is 0.241 e. The number of ether oxygens (including phenoxy) is 1. The molecule has 0 aliphatic carbocycles. The van der Waals surface area contributed by atoms with Gasteiger partial charge >= 0.3 is 0 Å². The SMILES string of the molecule is CS(=O)(=O)N[C@H](COCc1ccccc1)C(=O)N[C@H](C=O)CC1=NCCCC1. The molecule has 2 atom stereocenters. The van der Waals surface area contributed by atoms with Crippen molar-refractivity contribution in [2.45, 2.75) is 44.4 Å². The minimum atomic E-state index is -3.64. The summed E-state index contributed by atoms with van der Waals surface area (Å²) in [7, 11) is -3.64. The number of carbonyl (C=O) groups is 2. The Morgan fingerprint density at radius 3 is 2.64 bits per heavy atom. The van der Waals surface area contributed by atoms with Crippen LogP contribution in [0.2, 0.25) is 0 Å². The second kappa shape index (κ2) is 11.0. The van der Waals surface area contributed by atoms with E-state index in [0.717, 1.165) is 43.3 Å². The number of nitrogens with zero attached hydrogens (tertiary/aromatic N) is 1. The van der Waals surface area contributed by atoms with Gasteiger partial charge < -0.3 is 14.8 Å². The molecule has 1 aliphatic heterocycles. The summed E-state index contributed by atoms with van der Waals surface area (Å²) in [6, 6.07) is 7.46. The highest BCUT2D eigenvalue weighted by atomic mass is 32.2. The normalized spacial score (nSPS) is 16.7. The first kappa shape index (κ1) is 22.2. The number of amides is 1. The average Bonchev–Trinajstić information content (AvgIpc) is 2.67. The van der Waals surface area contributed by atoms with Crippen molar-refractivity contribution in [3.8, 4) is 0 Å². The van der Waals surface area contributed by atoms with E-state index in [1.165, 1.54) is 0 Å². The van der Waals surface area contributed by atoms with E-state index in [1.54, 1.807) is 0 Å². The van der Waals surface area contributed by atoms with Crippen molar-refractivity contribution in [1.29, 1.82) is 0 Å². The second-order valence-electron chi connectivity index (χ2n) is 6.80. The Morgan fingerprint density at radius 2 is 2.04 bits per heavy atom. The molecule has 9 heteroatoms. The molecule has 0 saturated carbocycles. The molecule has 8 nitrogen and oxygen atoms in total. The molecule has 0 radical (unpaired) electrons. The fourth-order valence-electron chi connectivity index (χ4n) is 2.88. The summed E-state index contributed by atoms with van der Waals surface area (Å²) in [5, 5.41) is 2.59. The summed E-state index contributed by atoms with van der Waals surface area (Å²) < 4.78 is 31.0. The zero-order valence-corrected chi connectivity index (χ0v) is 16.8. The number of benzene rings is 1. The Labute approximate surface area is 165 Å². The maximum atomic E-state index is 12.6. The van der Waals surface area contributed by atoms with Crippen molar-refractivity contribution in [1.82, 2.24) is 10.0 Å². The van der Waals surface area contributed by atoms with Crippen LogP contribution >= 0.6 is 0 Å². The summed E-state index contributed by atoms with van der Waals surface area (Å²) in [4.78, 5) is 28.3. The van der Waals surface area contributed by atoms with E-state index < -0.39 is 28.0 Å². The van der Waals surface area contributed by atoms with Gasteiger partial charge in [0.2, 0.25) is 15.9 Å². The van der Waals surface area contributed by atoms with Gasteiger partial charge in [0, 0.05) is 18.7 Å². The Kier molecular flexibility index (Phi) is 8.75. The number of rotatable bonds is 11. The fourth-order valence-corrected chi connectivity index (χ4v) is 3.58. The van der Waals surface area contributed by atoms with E-state index in [1.807, 2.05) is 30.3 Å². The first-order valence-corrected chi connectivity index (χ1v) is 11.1. The number of carbonyl (C=O) groups excluding carboxylic acids is 2. The summed E-state index contributed by atoms with van der Waals surface area (Å²) in [6.45, 7) is 0.824. The van der Waals surface area contributed by atoms with Crippen molar-refractivity contribution in [3.63, 3.8) is 0 Å². The predicted molar refractivity (Wildman–Crippen MR) is 107 cm³/mol. The molecular weight excluding hydrogens is 382 g/mol. The summed E-state index contributed by atoms with van der Waals surface area (Å²) in [6.07, 6.45) is 4.82. The van der Waals surface area contributed by atoms with Crippen LogP contribution in [-0.4, -0.2) is 57.8 Å². The van der Waals surface area contributed by atoms with Crippen LogP contribution in [0.1, 0.15) is 31.2 Å². The van der Waals surface area contributed by atoms with Gasteiger partial charge in [-0.2, -0.15) is 0 Å². The Morgan fingerprint density at radius 1 is 1.29 bits per heavy atom. The van der Waals surface area contributed by atoms with Crippen molar-refractivity contribution >= 4 is 27.9 Å². The van der Waals surface area contributed by atoms with Crippen LogP contribution in [0.25, 0.3) is 0 Å². The van der Waals surface area contributed by atoms with E-state index in [0.29, 0.717) is 12.7 Å². The van der Waals surface area contributed by atoms with Gasteiger partial charge in [-0.05, 0) is 24.8 Å². The molecule has 0 saturated heterocycles. The van der Waals surface area contributed by atoms with Gasteiger partial charge in [-0.15, -0.1) is 0 Å². The van der Waals surface area contributed by atoms with Crippen LogP contribution in [0.3, 0.4) is 0 Å². The first-order chi connectivity index (χ1) is 13.4. The van der Waals surface area contributed by atoms with Gasteiger partial charge in [0.25, 0.3) is 0 Å². The quantitative estimate of drug-likeness (QED) is 0.525. The van der Waals surface area contributed by atoms with Gasteiger partial charge in [-0.25, -0.2) is 13.1 Å². The molecular formula is C19H27N3O5S. The molecule has 1 aromatic rings. The standard InChI is InChI=1S/C19H27N3O5S/c1-28(25,26)22-18(14-27-13-15-7-3-2-4-8-15)19(24)21-17(12-23)11-16-9-5-6-10-20-16/h2-4,7-8,12,17-18,22H,5-6,9-11,13-14H2,1H3,(H,21,24)/t17-,18+/m0/s1. The number of aliphatic imine (C=N–C) groups is 1. The van der Waals surface area contributed by atoms with E-state index >= 15 is 0 Å². The smallest absolute Gasteiger partial charge is 0.241 e. The second-order valence-corrected chi connectivity index (χ2v) is 8.58. The molecule has 2 N–H and O–H groups in total. The molecule has 154 valence electrons. The molecule has 1 amide bonds. The summed E-state index contributed by atoms with van der Waals surface area (Å²) in [5.41, 5.74) is 1.80. The first-order valence-electron chi connectivity index (χ1n) is 9.24. The highest BCUT2D eigenvalue weighted by Crippen LogP contribution is 2.10. The van der Waals surface area contributed by atoms with E-state index in [4.69, 9.17) is 4.74 Å². The third-order valence-electron chi connectivity index (χ3n) is 4.23. The number of hydrogen-bond acceptors (Lipinski definition) is 6. The fraction of sp³-hybridized carbons (Fsp3) is 0.526. The van der Waals surface area contributed by atoms with Crippen molar-refractivity contribution in [2.24, 2.45) is 4.99 Å². The predicted octanol–water partition coefficient (Wildman–Crippen LogP) is 0.820. The average molecular weight is 410 g/mol. The molecule has 1 aromatic carbocycles. The van der Waals surface area contributed by atoms with Gasteiger partial charge in [-0.3, -0.25) is 9.79 Å². The van der Waals surface area contributed by atoms with Crippen LogP contribution in [0.4, 0.5) is 0 Å². The molecule has 0 spiro atoms. The van der Waals surface area contributed by atoms with Crippen LogP contribution in [0.15, 0.2) is 35.3 Å². The molecule has 2 rings (SSSR count). The number of sulfonamides is 1. The Bertz CT molecular complexity index is 780. The molecule has 0 aromatic heterocycles. The van der Waals surface area contributed by atoms with Crippen LogP contribution in [0.5, 0.6) is 0 Å². The highest BCUT2D eigenvalue weighted by Gasteiger charge is 2.25. The van der Waals surface area contributed by atoms with E-state index in [2.05, 4.69) is 15.0 Å². The molecule has 0 fully saturated rings. The number of hydrogen-bond donors (Lipinski definition) is 2. The van der Waals surface area contributed by atoms with Crippen molar-refractivity contribution < 1.29 is 22.7 Å². The molecule has 0 bridgehead atoms. The topological polar surface area (TPSA) is 114 Å². The lowest BCUT2D eigenvalue weighted by Gasteiger charge is -2.21. The minimum Gasteiger partial charge on any atom is -0.375 e. The third-order valence-corrected chi connectivity index (χ3v) is 4.94. The van der Waals surface area contributed by atoms with Gasteiger partial charge in [-0.1, -0.05) is 30.3 Å². The van der Waals surface area contributed by atoms with Crippen molar-refractivity contribution in [3.05, 3.63) is 35.9 Å². The monoisotopic (exact) mass is 409 g/mol. The van der Waals surface area contributed by atoms with E-state index in [9.17, 15) is 18.0 Å². The zero-order valence-electron chi connectivity index (χ0n) is 16.0. The zero-order chi connectivity index (χ0) is 20.4. The number of aldehydes is 1. The lowest BCUT2D eigenvalue weighted by molar-refractivity contribution is -0.126. The maximum absolute atomic E-state index is 12.6. The lowest BCUT2D eigenvalue weighted by atomic mass is 10.0. The minimum absolute atomic E-state index is 0.152. The summed E-state index contributed by atoms with van der Waals surface area (Å²) in [5.74, 6) is -0.605. The van der Waals surface area contributed by atoms with Crippen LogP contribution in [-0.2, 0) is 31.0 Å². The van der Waals surface area contributed by atoms with Gasteiger partial charge in [0.1, 0.15) is 12.3 Å². The third kappa shape index (κ3) is 8.28. The van der Waals surface area contributed by atoms with Crippen LogP contribution in [0, 0.1) is 0 Å². The van der Waals surface area contributed by atoms with Crippen LogP contribution < -0.4 is 10.0 Å². The molecule has 1 aliphatic rings. The lowest BCUT2D eigenvalue weighted by Crippen LogP contribution is -2.52. The summed E-state index contributed by atoms with van der Waals surface area (Å²) >= 11 is 0. The largest absolute Gasteiger partial charge is 0.375 e. The van der Waals surface area contributed by atoms with E-state index in [-0.39, 0.29) is 13.2 Å². The molecule has 28 heavy (non-hydrogen) atoms. The van der Waals surface area contributed by atoms with Crippen molar-refractivity contribution in [2.75, 3.05) is 19.4 Å². The molecule has 0 unspecified atom stereocenters. The Hall–Kier alpha value is -2.10. The van der Waals surface area contributed by atoms with Gasteiger partial charge in [0.05, 0.1) is 25.5 Å². The van der Waals surface area contributed by atoms with Gasteiger partial charge in [0.15, 0.2) is 0 Å². The number of nitrogens with one attached hydrogen (secondary N) is 2. The molecule has 1 heterocycles. The Balaban J connectivity index is 1.94.